The van der Waals surface area contributed by atoms with E-state index in [1.807, 2.05) is 0 Å². The number of rotatable bonds is 5. The number of benzene rings is 1. The van der Waals surface area contributed by atoms with Crippen molar-refractivity contribution in [2.75, 3.05) is 7.11 Å². The van der Waals surface area contributed by atoms with Crippen LogP contribution in [0.15, 0.2) is 34.7 Å². The van der Waals surface area contributed by atoms with Crippen molar-refractivity contribution in [1.82, 2.24) is 0 Å². The van der Waals surface area contributed by atoms with Gasteiger partial charge in [-0.3, -0.25) is 10.1 Å². The third kappa shape index (κ3) is 3.73. The summed E-state index contributed by atoms with van der Waals surface area (Å²) in [6.07, 6.45) is 0. The second kappa shape index (κ2) is 6.73. The zero-order valence-electron chi connectivity index (χ0n) is 12.4. The summed E-state index contributed by atoms with van der Waals surface area (Å²) in [5.41, 5.74) is 0.312. The van der Waals surface area contributed by atoms with Crippen LogP contribution in [0.1, 0.15) is 32.2 Å². The number of nitro groups is 1. The van der Waals surface area contributed by atoms with Crippen LogP contribution in [0.25, 0.3) is 0 Å². The molecule has 0 aliphatic rings. The molecule has 0 bridgehead atoms. The number of hydrogen-bond donors (Lipinski definition) is 0. The molecule has 23 heavy (non-hydrogen) atoms. The number of furan rings is 1. The summed E-state index contributed by atoms with van der Waals surface area (Å²) in [5.74, 6) is -0.552. The fourth-order valence-corrected chi connectivity index (χ4v) is 1.87. The highest BCUT2D eigenvalue weighted by atomic mass is 16.6. The maximum atomic E-state index is 11.9. The lowest BCUT2D eigenvalue weighted by Crippen LogP contribution is -2.05. The lowest BCUT2D eigenvalue weighted by atomic mass is 10.2. The molecule has 0 aliphatic heterocycles. The molecule has 0 N–H and O–H groups in total. The van der Waals surface area contributed by atoms with E-state index in [4.69, 9.17) is 9.15 Å². The lowest BCUT2D eigenvalue weighted by molar-refractivity contribution is -0.384. The predicted octanol–water partition coefficient (Wildman–Crippen LogP) is 2.64. The molecule has 0 saturated carbocycles. The van der Waals surface area contributed by atoms with Crippen LogP contribution in [0.3, 0.4) is 0 Å². The van der Waals surface area contributed by atoms with Crippen LogP contribution in [-0.4, -0.2) is 24.0 Å². The number of esters is 2. The van der Waals surface area contributed by atoms with Crippen LogP contribution >= 0.6 is 0 Å². The fraction of sp³-hybridized carbons (Fsp3) is 0.200. The largest absolute Gasteiger partial charge is 0.465 e. The monoisotopic (exact) mass is 319 g/mol. The number of nitrogens with zero attached hydrogens (tertiary/aromatic N) is 1. The summed E-state index contributed by atoms with van der Waals surface area (Å²) >= 11 is 0. The number of nitro benzene ring substituents is 1. The Morgan fingerprint density at radius 2 is 1.87 bits per heavy atom. The molecule has 2 aromatic rings. The SMILES string of the molecule is COC(=O)c1cc(COC(=O)c2ccc([N+](=O)[O-])cc2)oc1C. The van der Waals surface area contributed by atoms with Crippen LogP contribution < -0.4 is 0 Å². The summed E-state index contributed by atoms with van der Waals surface area (Å²) in [6.45, 7) is 1.42. The highest BCUT2D eigenvalue weighted by Gasteiger charge is 2.17. The first-order valence-electron chi connectivity index (χ1n) is 6.51. The summed E-state index contributed by atoms with van der Waals surface area (Å²) in [7, 11) is 1.25. The topological polar surface area (TPSA) is 109 Å². The third-order valence-corrected chi connectivity index (χ3v) is 3.03. The molecule has 0 radical (unpaired) electrons. The molecule has 120 valence electrons. The van der Waals surface area contributed by atoms with Crippen molar-refractivity contribution in [1.29, 1.82) is 0 Å². The highest BCUT2D eigenvalue weighted by molar-refractivity contribution is 5.91. The second-order valence-electron chi connectivity index (χ2n) is 4.55. The zero-order chi connectivity index (χ0) is 17.0. The molecule has 0 atom stereocenters. The van der Waals surface area contributed by atoms with Crippen LogP contribution in [0.5, 0.6) is 0 Å². The number of carbonyl (C=O) groups is 2. The van der Waals surface area contributed by atoms with Gasteiger partial charge in [0.1, 0.15) is 23.7 Å². The third-order valence-electron chi connectivity index (χ3n) is 3.03. The number of ether oxygens (including phenoxy) is 2. The number of carbonyl (C=O) groups excluding carboxylic acids is 2. The summed E-state index contributed by atoms with van der Waals surface area (Å²) in [4.78, 5) is 33.3. The molecule has 1 aromatic carbocycles. The van der Waals surface area contributed by atoms with Crippen LogP contribution in [-0.2, 0) is 16.1 Å². The van der Waals surface area contributed by atoms with Gasteiger partial charge in [0, 0.05) is 12.1 Å². The van der Waals surface area contributed by atoms with E-state index >= 15 is 0 Å². The Morgan fingerprint density at radius 3 is 2.43 bits per heavy atom. The molecule has 8 heteroatoms. The van der Waals surface area contributed by atoms with E-state index in [9.17, 15) is 19.7 Å². The van der Waals surface area contributed by atoms with Crippen molar-refractivity contribution in [3.63, 3.8) is 0 Å². The molecular weight excluding hydrogens is 306 g/mol. The highest BCUT2D eigenvalue weighted by Crippen LogP contribution is 2.18. The average Bonchev–Trinajstić information content (AvgIpc) is 2.92. The minimum Gasteiger partial charge on any atom is -0.465 e. The normalized spacial score (nSPS) is 10.2. The Bertz CT molecular complexity index is 746. The Morgan fingerprint density at radius 1 is 1.22 bits per heavy atom. The molecule has 0 amide bonds. The van der Waals surface area contributed by atoms with E-state index in [-0.39, 0.29) is 29.2 Å². The van der Waals surface area contributed by atoms with Gasteiger partial charge in [-0.2, -0.15) is 0 Å². The maximum absolute atomic E-state index is 11.9. The molecule has 1 heterocycles. The first kappa shape index (κ1) is 16.2. The van der Waals surface area contributed by atoms with E-state index in [1.165, 1.54) is 37.4 Å². The molecule has 0 unspecified atom stereocenters. The Kier molecular flexibility index (Phi) is 4.75. The van der Waals surface area contributed by atoms with Crippen molar-refractivity contribution >= 4 is 17.6 Å². The minimum atomic E-state index is -0.659. The molecule has 2 rings (SSSR count). The van der Waals surface area contributed by atoms with Crippen LogP contribution in [0.4, 0.5) is 5.69 Å². The molecule has 1 aromatic heterocycles. The number of aryl methyl sites for hydroxylation is 1. The quantitative estimate of drug-likeness (QED) is 0.473. The Labute approximate surface area is 130 Å². The Balaban J connectivity index is 2.01. The first-order chi connectivity index (χ1) is 10.9. The van der Waals surface area contributed by atoms with Gasteiger partial charge in [0.05, 0.1) is 17.6 Å². The summed E-state index contributed by atoms with van der Waals surface area (Å²) in [5, 5.41) is 10.5. The van der Waals surface area contributed by atoms with Gasteiger partial charge in [0.25, 0.3) is 5.69 Å². The lowest BCUT2D eigenvalue weighted by Gasteiger charge is -2.02. The van der Waals surface area contributed by atoms with E-state index in [0.717, 1.165) is 0 Å². The van der Waals surface area contributed by atoms with Gasteiger partial charge in [0.2, 0.25) is 0 Å². The standard InChI is InChI=1S/C15H13NO7/c1-9-13(15(18)21-2)7-12(23-9)8-22-14(17)10-3-5-11(6-4-10)16(19)20/h3-7H,8H2,1-2H3. The van der Waals surface area contributed by atoms with Crippen molar-refractivity contribution in [2.45, 2.75) is 13.5 Å². The van der Waals surface area contributed by atoms with Crippen LogP contribution in [0, 0.1) is 17.0 Å². The fourth-order valence-electron chi connectivity index (χ4n) is 1.87. The van der Waals surface area contributed by atoms with E-state index < -0.39 is 16.9 Å². The van der Waals surface area contributed by atoms with Crippen molar-refractivity contribution in [3.8, 4) is 0 Å². The van der Waals surface area contributed by atoms with Gasteiger partial charge in [-0.25, -0.2) is 9.59 Å². The van der Waals surface area contributed by atoms with Crippen molar-refractivity contribution in [2.24, 2.45) is 0 Å². The van der Waals surface area contributed by atoms with Gasteiger partial charge in [0.15, 0.2) is 0 Å². The van der Waals surface area contributed by atoms with Crippen molar-refractivity contribution in [3.05, 3.63) is 63.1 Å². The van der Waals surface area contributed by atoms with E-state index in [2.05, 4.69) is 4.74 Å². The number of methoxy groups -OCH3 is 1. The van der Waals surface area contributed by atoms with Gasteiger partial charge in [-0.05, 0) is 25.1 Å². The summed E-state index contributed by atoms with van der Waals surface area (Å²) < 4.78 is 14.9. The minimum absolute atomic E-state index is 0.120. The molecule has 8 nitrogen and oxygen atoms in total. The maximum Gasteiger partial charge on any atom is 0.341 e. The number of hydrogen-bond acceptors (Lipinski definition) is 7. The number of non-ortho nitro benzene ring substituents is 1. The van der Waals surface area contributed by atoms with Gasteiger partial charge >= 0.3 is 11.9 Å². The van der Waals surface area contributed by atoms with Crippen LogP contribution in [0.2, 0.25) is 0 Å². The van der Waals surface area contributed by atoms with E-state index in [1.54, 1.807) is 6.92 Å². The van der Waals surface area contributed by atoms with E-state index in [0.29, 0.717) is 5.76 Å². The molecule has 0 saturated heterocycles. The zero-order valence-corrected chi connectivity index (χ0v) is 12.4. The van der Waals surface area contributed by atoms with Gasteiger partial charge in [-0.15, -0.1) is 0 Å². The summed E-state index contributed by atoms with van der Waals surface area (Å²) in [6, 6.07) is 6.46. The molecule has 0 aliphatic carbocycles. The average molecular weight is 319 g/mol. The van der Waals surface area contributed by atoms with Crippen molar-refractivity contribution < 1.29 is 28.4 Å². The smallest absolute Gasteiger partial charge is 0.341 e. The molecule has 0 fully saturated rings. The first-order valence-corrected chi connectivity index (χ1v) is 6.51. The van der Waals surface area contributed by atoms with Gasteiger partial charge < -0.3 is 13.9 Å². The second-order valence-corrected chi connectivity index (χ2v) is 4.55. The predicted molar refractivity (Wildman–Crippen MR) is 77.0 cm³/mol. The van der Waals surface area contributed by atoms with Gasteiger partial charge in [-0.1, -0.05) is 0 Å². The Hall–Kier alpha value is -3.16. The molecular formula is C15H13NO7. The molecule has 0 spiro atoms.